The van der Waals surface area contributed by atoms with E-state index >= 15 is 0 Å². The molecule has 2 aromatic rings. The van der Waals surface area contributed by atoms with Gasteiger partial charge >= 0.3 is 0 Å². The first-order valence-electron chi connectivity index (χ1n) is 11.2. The number of benzene rings is 2. The summed E-state index contributed by atoms with van der Waals surface area (Å²) in [6.07, 6.45) is 4.36. The van der Waals surface area contributed by atoms with Crippen LogP contribution in [0, 0.1) is 11.8 Å². The maximum atomic E-state index is 6.32. The summed E-state index contributed by atoms with van der Waals surface area (Å²) in [4.78, 5) is 0. The van der Waals surface area contributed by atoms with E-state index in [1.807, 2.05) is 0 Å². The zero-order valence-corrected chi connectivity index (χ0v) is 17.8. The lowest BCUT2D eigenvalue weighted by molar-refractivity contribution is -0.966. The van der Waals surface area contributed by atoms with Crippen LogP contribution in [0.3, 0.4) is 0 Å². The molecule has 0 radical (unpaired) electrons. The zero-order valence-electron chi connectivity index (χ0n) is 17.8. The molecule has 0 amide bonds. The number of hydrogen-bond acceptors (Lipinski definition) is 3. The Bertz CT molecular complexity index is 870. The molecule has 0 unspecified atom stereocenters. The molecule has 29 heavy (non-hydrogen) atoms. The number of hydrogen-bond donors (Lipinski definition) is 0. The quantitative estimate of drug-likeness (QED) is 0.377. The molecule has 3 aliphatic rings. The molecule has 2 aromatic carbocycles. The Kier molecular flexibility index (Phi) is 5.15. The largest absolute Gasteiger partial charge is 0.382 e. The average molecular weight is 397 g/mol. The number of quaternary nitrogens is 1. The Morgan fingerprint density at radius 2 is 1.90 bits per heavy atom. The van der Waals surface area contributed by atoms with Crippen molar-refractivity contribution in [2.75, 3.05) is 40.2 Å². The topological polar surface area (TPSA) is 27.7 Å². The van der Waals surface area contributed by atoms with E-state index in [1.165, 1.54) is 46.6 Å². The summed E-state index contributed by atoms with van der Waals surface area (Å²) in [5, 5.41) is 2.68. The Morgan fingerprint density at radius 1 is 1.03 bits per heavy atom. The van der Waals surface area contributed by atoms with Crippen LogP contribution < -0.4 is 0 Å². The van der Waals surface area contributed by atoms with E-state index in [1.54, 1.807) is 7.11 Å². The summed E-state index contributed by atoms with van der Waals surface area (Å²) in [6.45, 7) is 7.72. The molecule has 5 rings (SSSR count). The van der Waals surface area contributed by atoms with Crippen molar-refractivity contribution < 1.29 is 18.7 Å². The van der Waals surface area contributed by atoms with Crippen molar-refractivity contribution in [1.82, 2.24) is 0 Å². The first-order chi connectivity index (χ1) is 14.2. The standard InChI is InChI=1S/C25H34NO3/c1-25-22-9-10-23(25)24(29-18-28-14-13-27-2)17-26(25,12-11-22)16-19-7-8-20-5-3-4-6-21(20)15-19/h3-8,15,22-24H,9-14,16-18H2,1-2H3/q+1/t22-,23+,24+,25+,26+/m0/s1. The van der Waals surface area contributed by atoms with Gasteiger partial charge in [0.2, 0.25) is 0 Å². The van der Waals surface area contributed by atoms with Gasteiger partial charge in [0.05, 0.1) is 19.8 Å². The minimum atomic E-state index is 0.313. The normalized spacial score (nSPS) is 35.4. The van der Waals surface area contributed by atoms with E-state index in [-0.39, 0.29) is 0 Å². The summed E-state index contributed by atoms with van der Waals surface area (Å²) in [5.41, 5.74) is 1.82. The van der Waals surface area contributed by atoms with E-state index in [2.05, 4.69) is 49.4 Å². The van der Waals surface area contributed by atoms with Crippen molar-refractivity contribution in [3.8, 4) is 0 Å². The third-order valence-corrected chi connectivity index (χ3v) is 8.41. The van der Waals surface area contributed by atoms with Crippen molar-refractivity contribution in [1.29, 1.82) is 0 Å². The van der Waals surface area contributed by atoms with Crippen LogP contribution in [-0.2, 0) is 20.8 Å². The number of nitrogens with zero attached hydrogens (tertiary/aromatic N) is 1. The van der Waals surface area contributed by atoms with Crippen molar-refractivity contribution in [3.05, 3.63) is 48.0 Å². The van der Waals surface area contributed by atoms with Crippen LogP contribution in [0.4, 0.5) is 0 Å². The van der Waals surface area contributed by atoms with Crippen molar-refractivity contribution in [2.24, 2.45) is 11.8 Å². The summed E-state index contributed by atoms with van der Waals surface area (Å²) >= 11 is 0. The Hall–Kier alpha value is -1.46. The summed E-state index contributed by atoms with van der Waals surface area (Å²) in [7, 11) is 1.70. The van der Waals surface area contributed by atoms with E-state index in [0.29, 0.717) is 37.6 Å². The van der Waals surface area contributed by atoms with E-state index < -0.39 is 0 Å². The molecular weight excluding hydrogens is 362 g/mol. The van der Waals surface area contributed by atoms with Gasteiger partial charge in [-0.1, -0.05) is 36.4 Å². The molecule has 2 saturated heterocycles. The van der Waals surface area contributed by atoms with E-state index in [4.69, 9.17) is 14.2 Å². The second-order valence-electron chi connectivity index (χ2n) is 9.51. The van der Waals surface area contributed by atoms with Gasteiger partial charge in [-0.3, -0.25) is 0 Å². The van der Waals surface area contributed by atoms with Gasteiger partial charge in [0.25, 0.3) is 0 Å². The molecule has 1 aliphatic carbocycles. The summed E-state index contributed by atoms with van der Waals surface area (Å²) < 4.78 is 18.2. The van der Waals surface area contributed by atoms with Gasteiger partial charge in [0, 0.05) is 30.9 Å². The van der Waals surface area contributed by atoms with Crippen molar-refractivity contribution >= 4 is 10.8 Å². The maximum Gasteiger partial charge on any atom is 0.147 e. The SMILES string of the molecule is COCCOCO[C@@H]1C[N@+]2(Cc3ccc4ccccc4c3)CC[C@@H]3CC[C@H]1[C@@]32C. The van der Waals surface area contributed by atoms with E-state index in [0.717, 1.165) is 19.0 Å². The molecule has 0 aromatic heterocycles. The molecule has 4 heteroatoms. The lowest BCUT2D eigenvalue weighted by Gasteiger charge is -2.44. The van der Waals surface area contributed by atoms with Crippen LogP contribution in [0.1, 0.15) is 31.7 Å². The van der Waals surface area contributed by atoms with Crippen molar-refractivity contribution in [3.63, 3.8) is 0 Å². The highest BCUT2D eigenvalue weighted by Gasteiger charge is 2.71. The van der Waals surface area contributed by atoms with Crippen molar-refractivity contribution in [2.45, 2.75) is 44.4 Å². The first-order valence-corrected chi connectivity index (χ1v) is 11.2. The van der Waals surface area contributed by atoms with Crippen LogP contribution in [0.15, 0.2) is 42.5 Å². The molecule has 4 nitrogen and oxygen atoms in total. The third kappa shape index (κ3) is 3.12. The second-order valence-corrected chi connectivity index (χ2v) is 9.51. The average Bonchev–Trinajstić information content (AvgIpc) is 3.30. The molecule has 1 saturated carbocycles. The molecule has 5 atom stereocenters. The number of ether oxygens (including phenoxy) is 3. The molecule has 0 spiro atoms. The second kappa shape index (κ2) is 7.66. The summed E-state index contributed by atoms with van der Waals surface area (Å²) in [6, 6.07) is 15.7. The highest BCUT2D eigenvalue weighted by atomic mass is 16.7. The fourth-order valence-corrected chi connectivity index (χ4v) is 6.92. The molecular formula is C25H34NO3+. The monoisotopic (exact) mass is 396 g/mol. The van der Waals surface area contributed by atoms with Gasteiger partial charge < -0.3 is 18.7 Å². The number of rotatable bonds is 8. The zero-order chi connectivity index (χ0) is 19.9. The van der Waals surface area contributed by atoms with Gasteiger partial charge in [-0.05, 0) is 36.6 Å². The minimum absolute atomic E-state index is 0.313. The first kappa shape index (κ1) is 19.5. The maximum absolute atomic E-state index is 6.32. The Labute approximate surface area is 174 Å². The predicted octanol–water partition coefficient (Wildman–Crippen LogP) is 4.36. The third-order valence-electron chi connectivity index (χ3n) is 8.41. The summed E-state index contributed by atoms with van der Waals surface area (Å²) in [5.74, 6) is 1.50. The predicted molar refractivity (Wildman–Crippen MR) is 114 cm³/mol. The number of methoxy groups -OCH3 is 1. The van der Waals surface area contributed by atoms with Gasteiger partial charge in [0.1, 0.15) is 31.5 Å². The molecule has 156 valence electrons. The molecule has 0 N–H and O–H groups in total. The highest BCUT2D eigenvalue weighted by Crippen LogP contribution is 2.61. The van der Waals surface area contributed by atoms with Gasteiger partial charge in [-0.25, -0.2) is 0 Å². The van der Waals surface area contributed by atoms with Crippen LogP contribution in [0.25, 0.3) is 10.8 Å². The molecule has 2 heterocycles. The Balaban J connectivity index is 1.37. The number of fused-ring (bicyclic) bond motifs is 1. The fourth-order valence-electron chi connectivity index (χ4n) is 6.92. The van der Waals surface area contributed by atoms with Crippen LogP contribution in [0.2, 0.25) is 0 Å². The lowest BCUT2D eigenvalue weighted by Crippen LogP contribution is -2.57. The van der Waals surface area contributed by atoms with Gasteiger partial charge in [-0.15, -0.1) is 0 Å². The molecule has 0 bridgehead atoms. The fraction of sp³-hybridized carbons (Fsp3) is 0.600. The highest BCUT2D eigenvalue weighted by molar-refractivity contribution is 5.82. The lowest BCUT2D eigenvalue weighted by atomic mass is 9.83. The van der Waals surface area contributed by atoms with Gasteiger partial charge in [0.15, 0.2) is 0 Å². The Morgan fingerprint density at radius 3 is 2.76 bits per heavy atom. The van der Waals surface area contributed by atoms with Crippen LogP contribution in [0.5, 0.6) is 0 Å². The van der Waals surface area contributed by atoms with E-state index in [9.17, 15) is 0 Å². The van der Waals surface area contributed by atoms with Crippen LogP contribution in [-0.4, -0.2) is 56.3 Å². The minimum Gasteiger partial charge on any atom is -0.382 e. The molecule has 3 fully saturated rings. The molecule has 2 aliphatic heterocycles. The van der Waals surface area contributed by atoms with Gasteiger partial charge in [-0.2, -0.15) is 0 Å². The smallest absolute Gasteiger partial charge is 0.147 e. The van der Waals surface area contributed by atoms with Crippen LogP contribution >= 0.6 is 0 Å².